The minimum absolute atomic E-state index is 0.450. The minimum atomic E-state index is -0.797. The van der Waals surface area contributed by atoms with Crippen molar-refractivity contribution in [1.82, 2.24) is 15.6 Å². The summed E-state index contributed by atoms with van der Waals surface area (Å²) in [4.78, 5) is 25.3. The number of furan rings is 1. The Morgan fingerprint density at radius 1 is 1.32 bits per heavy atom. The predicted molar refractivity (Wildman–Crippen MR) is 79.3 cm³/mol. The molecule has 8 nitrogen and oxygen atoms in total. The molecule has 1 aromatic heterocycles. The van der Waals surface area contributed by atoms with Gasteiger partial charge in [0.25, 0.3) is 0 Å². The summed E-state index contributed by atoms with van der Waals surface area (Å²) in [5.74, 6) is -1.00. The molecule has 1 aliphatic heterocycles. The number of rotatable bonds is 6. The van der Waals surface area contributed by atoms with E-state index in [9.17, 15) is 9.59 Å². The normalized spacial score (nSPS) is 15.8. The van der Waals surface area contributed by atoms with Crippen LogP contribution < -0.4 is 10.7 Å². The number of ether oxygens (including phenoxy) is 1. The van der Waals surface area contributed by atoms with Gasteiger partial charge in [0.1, 0.15) is 5.76 Å². The van der Waals surface area contributed by atoms with E-state index < -0.39 is 11.8 Å². The zero-order valence-corrected chi connectivity index (χ0v) is 12.3. The van der Waals surface area contributed by atoms with Gasteiger partial charge in [-0.2, -0.15) is 5.10 Å². The summed E-state index contributed by atoms with van der Waals surface area (Å²) < 4.78 is 10.3. The van der Waals surface area contributed by atoms with Gasteiger partial charge in [0.2, 0.25) is 0 Å². The minimum Gasteiger partial charge on any atom is -0.463 e. The number of hydrazone groups is 1. The number of amides is 2. The first-order chi connectivity index (χ1) is 10.8. The third-order valence-corrected chi connectivity index (χ3v) is 3.15. The Balaban J connectivity index is 1.57. The molecule has 2 N–H and O–H groups in total. The highest BCUT2D eigenvalue weighted by Gasteiger charge is 2.13. The van der Waals surface area contributed by atoms with E-state index in [-0.39, 0.29) is 0 Å². The standard InChI is InChI=1S/C14H20N4O4/c19-13(14(20)17-16-11-12-3-1-8-22-12)15-4-2-5-18-6-9-21-10-7-18/h1,3,8,11H,2,4-7,9-10H2,(H,15,19)(H,17,20)/b16-11+. The second kappa shape index (κ2) is 8.96. The average molecular weight is 308 g/mol. The zero-order valence-electron chi connectivity index (χ0n) is 12.3. The lowest BCUT2D eigenvalue weighted by molar-refractivity contribution is -0.139. The Hall–Kier alpha value is -2.19. The van der Waals surface area contributed by atoms with Crippen molar-refractivity contribution in [3.05, 3.63) is 24.2 Å². The van der Waals surface area contributed by atoms with Crippen LogP contribution in [-0.4, -0.2) is 62.3 Å². The molecule has 0 atom stereocenters. The van der Waals surface area contributed by atoms with Crippen molar-refractivity contribution in [3.63, 3.8) is 0 Å². The van der Waals surface area contributed by atoms with Gasteiger partial charge >= 0.3 is 11.8 Å². The summed E-state index contributed by atoms with van der Waals surface area (Å²) in [7, 11) is 0. The Kier molecular flexibility index (Phi) is 6.59. The first kappa shape index (κ1) is 16.2. The van der Waals surface area contributed by atoms with Crippen molar-refractivity contribution in [2.45, 2.75) is 6.42 Å². The fraction of sp³-hybridized carbons (Fsp3) is 0.500. The molecular weight excluding hydrogens is 288 g/mol. The summed E-state index contributed by atoms with van der Waals surface area (Å²) in [5.41, 5.74) is 2.14. The van der Waals surface area contributed by atoms with Crippen LogP contribution >= 0.6 is 0 Å². The highest BCUT2D eigenvalue weighted by atomic mass is 16.5. The monoisotopic (exact) mass is 308 g/mol. The average Bonchev–Trinajstić information content (AvgIpc) is 3.05. The predicted octanol–water partition coefficient (Wildman–Crippen LogP) is -0.432. The number of morpholine rings is 1. The molecule has 0 bridgehead atoms. The highest BCUT2D eigenvalue weighted by Crippen LogP contribution is 1.97. The van der Waals surface area contributed by atoms with Crippen LogP contribution in [0.4, 0.5) is 0 Å². The van der Waals surface area contributed by atoms with Crippen LogP contribution in [0.15, 0.2) is 27.9 Å². The molecule has 2 amide bonds. The van der Waals surface area contributed by atoms with Crippen LogP contribution in [0.2, 0.25) is 0 Å². The largest absolute Gasteiger partial charge is 0.463 e. The van der Waals surface area contributed by atoms with Crippen molar-refractivity contribution in [3.8, 4) is 0 Å². The van der Waals surface area contributed by atoms with E-state index in [1.807, 2.05) is 0 Å². The Morgan fingerprint density at radius 2 is 2.14 bits per heavy atom. The summed E-state index contributed by atoms with van der Waals surface area (Å²) in [6, 6.07) is 3.38. The fourth-order valence-electron chi connectivity index (χ4n) is 1.98. The number of hydrogen-bond acceptors (Lipinski definition) is 6. The van der Waals surface area contributed by atoms with Crippen molar-refractivity contribution >= 4 is 18.0 Å². The Morgan fingerprint density at radius 3 is 2.86 bits per heavy atom. The van der Waals surface area contributed by atoms with Crippen molar-refractivity contribution in [2.24, 2.45) is 5.10 Å². The molecule has 1 fully saturated rings. The maximum Gasteiger partial charge on any atom is 0.329 e. The quantitative estimate of drug-likeness (QED) is 0.322. The second-order valence-electron chi connectivity index (χ2n) is 4.78. The lowest BCUT2D eigenvalue weighted by Gasteiger charge is -2.26. The molecule has 0 spiro atoms. The topological polar surface area (TPSA) is 96.2 Å². The summed E-state index contributed by atoms with van der Waals surface area (Å²) in [6.45, 7) is 4.66. The maximum atomic E-state index is 11.5. The van der Waals surface area contributed by atoms with E-state index in [2.05, 4.69) is 20.7 Å². The number of nitrogens with one attached hydrogen (secondary N) is 2. The fourth-order valence-corrected chi connectivity index (χ4v) is 1.98. The molecule has 1 saturated heterocycles. The summed E-state index contributed by atoms with van der Waals surface area (Å²) in [5, 5.41) is 6.19. The van der Waals surface area contributed by atoms with E-state index in [4.69, 9.17) is 9.15 Å². The lowest BCUT2D eigenvalue weighted by Crippen LogP contribution is -2.40. The zero-order chi connectivity index (χ0) is 15.6. The molecule has 0 saturated carbocycles. The first-order valence-electron chi connectivity index (χ1n) is 7.20. The molecule has 1 aromatic rings. The van der Waals surface area contributed by atoms with Crippen LogP contribution in [0.5, 0.6) is 0 Å². The van der Waals surface area contributed by atoms with Crippen molar-refractivity contribution < 1.29 is 18.7 Å². The van der Waals surface area contributed by atoms with E-state index in [1.165, 1.54) is 12.5 Å². The van der Waals surface area contributed by atoms with Crippen LogP contribution in [0, 0.1) is 0 Å². The molecule has 1 aliphatic rings. The van der Waals surface area contributed by atoms with Crippen LogP contribution in [-0.2, 0) is 14.3 Å². The number of nitrogens with zero attached hydrogens (tertiary/aromatic N) is 2. The molecule has 0 aliphatic carbocycles. The van der Waals surface area contributed by atoms with Gasteiger partial charge < -0.3 is 14.5 Å². The van der Waals surface area contributed by atoms with Crippen LogP contribution in [0.1, 0.15) is 12.2 Å². The molecule has 8 heteroatoms. The molecule has 0 radical (unpaired) electrons. The highest BCUT2D eigenvalue weighted by molar-refractivity contribution is 6.35. The molecule has 0 aromatic carbocycles. The molecule has 2 heterocycles. The Labute approximate surface area is 128 Å². The van der Waals surface area contributed by atoms with E-state index in [0.29, 0.717) is 12.3 Å². The lowest BCUT2D eigenvalue weighted by atomic mass is 10.3. The first-order valence-corrected chi connectivity index (χ1v) is 7.20. The van der Waals surface area contributed by atoms with Crippen molar-refractivity contribution in [1.29, 1.82) is 0 Å². The van der Waals surface area contributed by atoms with Gasteiger partial charge in [0.05, 0.1) is 25.7 Å². The number of carbonyl (C=O) groups is 2. The molecular formula is C14H20N4O4. The van der Waals surface area contributed by atoms with Gasteiger partial charge in [0.15, 0.2) is 0 Å². The maximum absolute atomic E-state index is 11.5. The number of hydrogen-bond donors (Lipinski definition) is 2. The summed E-state index contributed by atoms with van der Waals surface area (Å²) in [6.07, 6.45) is 3.60. The van der Waals surface area contributed by atoms with Gasteiger partial charge in [-0.05, 0) is 25.1 Å². The third-order valence-electron chi connectivity index (χ3n) is 3.15. The Bertz CT molecular complexity index is 495. The van der Waals surface area contributed by atoms with E-state index in [0.717, 1.165) is 39.3 Å². The van der Waals surface area contributed by atoms with Crippen molar-refractivity contribution in [2.75, 3.05) is 39.4 Å². The smallest absolute Gasteiger partial charge is 0.329 e. The molecule has 22 heavy (non-hydrogen) atoms. The van der Waals surface area contributed by atoms with Gasteiger partial charge in [-0.15, -0.1) is 0 Å². The SMILES string of the molecule is O=C(NCCCN1CCOCC1)C(=O)N/N=C/c1ccco1. The second-order valence-corrected chi connectivity index (χ2v) is 4.78. The van der Waals surface area contributed by atoms with E-state index in [1.54, 1.807) is 12.1 Å². The molecule has 0 unspecified atom stereocenters. The van der Waals surface area contributed by atoms with Crippen LogP contribution in [0.3, 0.4) is 0 Å². The summed E-state index contributed by atoms with van der Waals surface area (Å²) >= 11 is 0. The van der Waals surface area contributed by atoms with Gasteiger partial charge in [-0.1, -0.05) is 0 Å². The number of carbonyl (C=O) groups excluding carboxylic acids is 2. The third kappa shape index (κ3) is 5.66. The van der Waals surface area contributed by atoms with Gasteiger partial charge in [-0.25, -0.2) is 5.43 Å². The molecule has 120 valence electrons. The van der Waals surface area contributed by atoms with Gasteiger partial charge in [-0.3, -0.25) is 14.5 Å². The van der Waals surface area contributed by atoms with Gasteiger partial charge in [0, 0.05) is 19.6 Å². The molecule has 2 rings (SSSR count). The van der Waals surface area contributed by atoms with E-state index >= 15 is 0 Å². The van der Waals surface area contributed by atoms with Crippen LogP contribution in [0.25, 0.3) is 0 Å².